The molecule has 106 valence electrons. The standard InChI is InChI=1S/C13H19FN2O2S/c1-16(2)6-7-18-10-3-4-12(11(14)9-10)15-13(17)5-8-19/h3-4,9,19H,5-8H2,1-2H3,(H,15,17). The SMILES string of the molecule is CN(C)CCOc1ccc(NC(=O)CCS)c(F)c1. The Morgan fingerprint density at radius 2 is 2.21 bits per heavy atom. The van der Waals surface area contributed by atoms with Gasteiger partial charge in [0.2, 0.25) is 5.91 Å². The predicted molar refractivity (Wildman–Crippen MR) is 77.5 cm³/mol. The Kier molecular flexibility index (Phi) is 6.66. The highest BCUT2D eigenvalue weighted by Crippen LogP contribution is 2.20. The summed E-state index contributed by atoms with van der Waals surface area (Å²) in [5.74, 6) is 0.121. The molecule has 1 amide bonds. The molecule has 0 saturated carbocycles. The summed E-state index contributed by atoms with van der Waals surface area (Å²) in [6, 6.07) is 4.40. The lowest BCUT2D eigenvalue weighted by Crippen LogP contribution is -2.19. The van der Waals surface area contributed by atoms with Gasteiger partial charge in [0.15, 0.2) is 0 Å². The Hall–Kier alpha value is -1.27. The van der Waals surface area contributed by atoms with Crippen molar-refractivity contribution in [3.05, 3.63) is 24.0 Å². The number of nitrogens with zero attached hydrogens (tertiary/aromatic N) is 1. The van der Waals surface area contributed by atoms with E-state index in [0.29, 0.717) is 18.1 Å². The van der Waals surface area contributed by atoms with Crippen LogP contribution < -0.4 is 10.1 Å². The number of anilines is 1. The molecule has 6 heteroatoms. The number of amides is 1. The van der Waals surface area contributed by atoms with Crippen LogP contribution in [0.25, 0.3) is 0 Å². The van der Waals surface area contributed by atoms with Crippen molar-refractivity contribution >= 4 is 24.2 Å². The number of halogens is 1. The van der Waals surface area contributed by atoms with Gasteiger partial charge in [0, 0.05) is 19.0 Å². The Morgan fingerprint density at radius 3 is 2.79 bits per heavy atom. The predicted octanol–water partition coefficient (Wildman–Crippen LogP) is 2.02. The van der Waals surface area contributed by atoms with Gasteiger partial charge in [0.1, 0.15) is 18.2 Å². The van der Waals surface area contributed by atoms with Crippen LogP contribution in [-0.4, -0.2) is 43.8 Å². The summed E-state index contributed by atoms with van der Waals surface area (Å²) in [6.45, 7) is 1.24. The van der Waals surface area contributed by atoms with Crippen LogP contribution in [0.15, 0.2) is 18.2 Å². The van der Waals surface area contributed by atoms with Crippen LogP contribution in [0, 0.1) is 5.82 Å². The van der Waals surface area contributed by atoms with Crippen molar-refractivity contribution < 1.29 is 13.9 Å². The summed E-state index contributed by atoms with van der Waals surface area (Å²) in [5, 5.41) is 2.49. The van der Waals surface area contributed by atoms with Gasteiger partial charge in [-0.05, 0) is 32.0 Å². The fourth-order valence-corrected chi connectivity index (χ4v) is 1.55. The molecule has 1 aromatic carbocycles. The van der Waals surface area contributed by atoms with Gasteiger partial charge < -0.3 is 15.0 Å². The first-order valence-electron chi connectivity index (χ1n) is 6.00. The molecule has 0 aliphatic carbocycles. The summed E-state index contributed by atoms with van der Waals surface area (Å²) in [5.41, 5.74) is 0.159. The Labute approximate surface area is 118 Å². The third-order valence-corrected chi connectivity index (χ3v) is 2.58. The van der Waals surface area contributed by atoms with E-state index in [4.69, 9.17) is 4.74 Å². The zero-order chi connectivity index (χ0) is 14.3. The second kappa shape index (κ2) is 8.01. The number of benzene rings is 1. The van der Waals surface area contributed by atoms with Gasteiger partial charge in [-0.25, -0.2) is 4.39 Å². The smallest absolute Gasteiger partial charge is 0.225 e. The number of thiol groups is 1. The molecule has 19 heavy (non-hydrogen) atoms. The lowest BCUT2D eigenvalue weighted by atomic mass is 10.2. The first kappa shape index (κ1) is 15.8. The zero-order valence-corrected chi connectivity index (χ0v) is 12.0. The zero-order valence-electron chi connectivity index (χ0n) is 11.1. The molecule has 0 fully saturated rings. The van der Waals surface area contributed by atoms with Gasteiger partial charge in [-0.15, -0.1) is 0 Å². The average Bonchev–Trinajstić information content (AvgIpc) is 2.32. The van der Waals surface area contributed by atoms with Crippen molar-refractivity contribution in [3.63, 3.8) is 0 Å². The molecule has 0 aliphatic heterocycles. The molecular weight excluding hydrogens is 267 g/mol. The van der Waals surface area contributed by atoms with Gasteiger partial charge >= 0.3 is 0 Å². The molecule has 0 atom stereocenters. The van der Waals surface area contributed by atoms with Crippen LogP contribution in [0.3, 0.4) is 0 Å². The van der Waals surface area contributed by atoms with Gasteiger partial charge in [-0.2, -0.15) is 12.6 Å². The van der Waals surface area contributed by atoms with E-state index in [-0.39, 0.29) is 18.0 Å². The minimum Gasteiger partial charge on any atom is -0.492 e. The number of carbonyl (C=O) groups is 1. The Bertz CT molecular complexity index is 427. The third kappa shape index (κ3) is 5.94. The van der Waals surface area contributed by atoms with Gasteiger partial charge in [-0.3, -0.25) is 4.79 Å². The van der Waals surface area contributed by atoms with E-state index < -0.39 is 5.82 Å². The summed E-state index contributed by atoms with van der Waals surface area (Å²) in [4.78, 5) is 13.3. The summed E-state index contributed by atoms with van der Waals surface area (Å²) < 4.78 is 19.1. The van der Waals surface area contributed by atoms with Crippen LogP contribution in [0.5, 0.6) is 5.75 Å². The van der Waals surface area contributed by atoms with E-state index >= 15 is 0 Å². The van der Waals surface area contributed by atoms with Crippen LogP contribution in [-0.2, 0) is 4.79 Å². The molecule has 1 rings (SSSR count). The maximum Gasteiger partial charge on any atom is 0.225 e. The Balaban J connectivity index is 2.56. The third-order valence-electron chi connectivity index (χ3n) is 2.36. The van der Waals surface area contributed by atoms with Crippen molar-refractivity contribution in [3.8, 4) is 5.75 Å². The van der Waals surface area contributed by atoms with E-state index in [2.05, 4.69) is 17.9 Å². The highest BCUT2D eigenvalue weighted by Gasteiger charge is 2.07. The monoisotopic (exact) mass is 286 g/mol. The van der Waals surface area contributed by atoms with Crippen molar-refractivity contribution in [1.29, 1.82) is 0 Å². The van der Waals surface area contributed by atoms with Gasteiger partial charge in [-0.1, -0.05) is 0 Å². The van der Waals surface area contributed by atoms with E-state index in [0.717, 1.165) is 6.54 Å². The highest BCUT2D eigenvalue weighted by molar-refractivity contribution is 7.80. The topological polar surface area (TPSA) is 41.6 Å². The summed E-state index contributed by atoms with van der Waals surface area (Å²) in [7, 11) is 3.87. The fraction of sp³-hybridized carbons (Fsp3) is 0.462. The molecule has 0 saturated heterocycles. The van der Waals surface area contributed by atoms with Crippen molar-refractivity contribution in [1.82, 2.24) is 4.90 Å². The molecule has 0 aromatic heterocycles. The molecule has 0 spiro atoms. The molecular formula is C13H19FN2O2S. The van der Waals surface area contributed by atoms with Crippen LogP contribution in [0.1, 0.15) is 6.42 Å². The number of nitrogens with one attached hydrogen (secondary N) is 1. The molecule has 4 nitrogen and oxygen atoms in total. The molecule has 0 unspecified atom stereocenters. The average molecular weight is 286 g/mol. The van der Waals surface area contributed by atoms with Crippen molar-refractivity contribution in [2.24, 2.45) is 0 Å². The Morgan fingerprint density at radius 1 is 1.47 bits per heavy atom. The van der Waals surface area contributed by atoms with E-state index in [1.807, 2.05) is 19.0 Å². The first-order valence-corrected chi connectivity index (χ1v) is 6.64. The summed E-state index contributed by atoms with van der Waals surface area (Å²) >= 11 is 3.94. The van der Waals surface area contributed by atoms with E-state index in [1.54, 1.807) is 6.07 Å². The lowest BCUT2D eigenvalue weighted by Gasteiger charge is -2.12. The maximum absolute atomic E-state index is 13.7. The van der Waals surface area contributed by atoms with Crippen LogP contribution in [0.4, 0.5) is 10.1 Å². The molecule has 1 N–H and O–H groups in total. The number of ether oxygens (including phenoxy) is 1. The maximum atomic E-state index is 13.7. The summed E-state index contributed by atoms with van der Waals surface area (Å²) in [6.07, 6.45) is 0.254. The van der Waals surface area contributed by atoms with Crippen LogP contribution in [0.2, 0.25) is 0 Å². The number of hydrogen-bond donors (Lipinski definition) is 2. The van der Waals surface area contributed by atoms with Crippen molar-refractivity contribution in [2.45, 2.75) is 6.42 Å². The van der Waals surface area contributed by atoms with Crippen molar-refractivity contribution in [2.75, 3.05) is 38.3 Å². The molecule has 0 bridgehead atoms. The largest absolute Gasteiger partial charge is 0.492 e. The number of hydrogen-bond acceptors (Lipinski definition) is 4. The normalized spacial score (nSPS) is 10.6. The fourth-order valence-electron chi connectivity index (χ4n) is 1.35. The number of rotatable bonds is 7. The van der Waals surface area contributed by atoms with Gasteiger partial charge in [0.05, 0.1) is 5.69 Å². The number of likely N-dealkylation sites (N-methyl/N-ethyl adjacent to an activating group) is 1. The molecule has 0 radical (unpaired) electrons. The molecule has 1 aromatic rings. The van der Waals surface area contributed by atoms with E-state index in [9.17, 15) is 9.18 Å². The second-order valence-electron chi connectivity index (χ2n) is 4.32. The quantitative estimate of drug-likeness (QED) is 0.754. The lowest BCUT2D eigenvalue weighted by molar-refractivity contribution is -0.115. The van der Waals surface area contributed by atoms with E-state index in [1.165, 1.54) is 12.1 Å². The van der Waals surface area contributed by atoms with Crippen LogP contribution >= 0.6 is 12.6 Å². The minimum atomic E-state index is -0.505. The molecule has 0 aliphatic rings. The molecule has 0 heterocycles. The first-order chi connectivity index (χ1) is 9.02. The van der Waals surface area contributed by atoms with Gasteiger partial charge in [0.25, 0.3) is 0 Å². The highest BCUT2D eigenvalue weighted by atomic mass is 32.1. The minimum absolute atomic E-state index is 0.159. The number of carbonyl (C=O) groups excluding carboxylic acids is 1. The second-order valence-corrected chi connectivity index (χ2v) is 4.76.